The Bertz CT molecular complexity index is 964. The number of halogens is 2. The van der Waals surface area contributed by atoms with Crippen molar-refractivity contribution in [2.45, 2.75) is 26.3 Å². The highest BCUT2D eigenvalue weighted by Crippen LogP contribution is 2.27. The van der Waals surface area contributed by atoms with E-state index in [1.54, 1.807) is 16.5 Å². The van der Waals surface area contributed by atoms with Crippen molar-refractivity contribution in [3.05, 3.63) is 51.3 Å². The molecule has 3 heterocycles. The normalized spacial score (nSPS) is 17.8. The highest BCUT2D eigenvalue weighted by atomic mass is 35.5. The van der Waals surface area contributed by atoms with Crippen molar-refractivity contribution < 1.29 is 14.3 Å². The molecule has 7 nitrogen and oxygen atoms in total. The zero-order valence-electron chi connectivity index (χ0n) is 17.5. The van der Waals surface area contributed by atoms with Crippen LogP contribution in [0.15, 0.2) is 24.3 Å². The Labute approximate surface area is 191 Å². The molecule has 2 aromatic rings. The fraction of sp³-hybridized carbons (Fsp3) is 0.500. The summed E-state index contributed by atoms with van der Waals surface area (Å²) in [7, 11) is 0. The van der Waals surface area contributed by atoms with Crippen LogP contribution >= 0.6 is 23.2 Å². The van der Waals surface area contributed by atoms with Crippen molar-refractivity contribution in [3.63, 3.8) is 0 Å². The first kappa shape index (κ1) is 22.1. The van der Waals surface area contributed by atoms with Gasteiger partial charge in [0.2, 0.25) is 5.91 Å². The molecule has 166 valence electrons. The number of carbonyl (C=O) groups excluding carboxylic acids is 2. The number of morpholine rings is 1. The zero-order valence-corrected chi connectivity index (χ0v) is 19.0. The summed E-state index contributed by atoms with van der Waals surface area (Å²) < 4.78 is 6.94. The third kappa shape index (κ3) is 4.73. The molecule has 31 heavy (non-hydrogen) atoms. The van der Waals surface area contributed by atoms with Crippen LogP contribution in [0.4, 0.5) is 0 Å². The molecule has 0 unspecified atom stereocenters. The molecule has 2 saturated heterocycles. The fourth-order valence-corrected chi connectivity index (χ4v) is 4.73. The minimum absolute atomic E-state index is 0.0401. The Hall–Kier alpha value is -2.09. The monoisotopic (exact) mass is 464 g/mol. The fourth-order valence-electron chi connectivity index (χ4n) is 4.22. The van der Waals surface area contributed by atoms with Gasteiger partial charge in [0.05, 0.1) is 31.0 Å². The van der Waals surface area contributed by atoms with Gasteiger partial charge < -0.3 is 14.5 Å². The van der Waals surface area contributed by atoms with Gasteiger partial charge in [0.15, 0.2) is 0 Å². The minimum atomic E-state index is -0.134. The van der Waals surface area contributed by atoms with E-state index in [0.29, 0.717) is 80.2 Å². The molecular formula is C22H26Cl2N4O3. The number of carbonyl (C=O) groups is 2. The van der Waals surface area contributed by atoms with Crippen LogP contribution in [0, 0.1) is 12.8 Å². The first-order valence-electron chi connectivity index (χ1n) is 10.6. The molecule has 0 spiro atoms. The second-order valence-electron chi connectivity index (χ2n) is 8.00. The largest absolute Gasteiger partial charge is 0.378 e. The molecule has 2 aliphatic rings. The van der Waals surface area contributed by atoms with E-state index in [2.05, 4.69) is 5.10 Å². The maximum Gasteiger partial charge on any atom is 0.258 e. The maximum absolute atomic E-state index is 13.2. The van der Waals surface area contributed by atoms with Crippen molar-refractivity contribution >= 4 is 35.0 Å². The van der Waals surface area contributed by atoms with Crippen LogP contribution < -0.4 is 0 Å². The second-order valence-corrected chi connectivity index (χ2v) is 8.77. The second kappa shape index (κ2) is 9.59. The number of ether oxygens (including phenoxy) is 1. The molecule has 0 aliphatic carbocycles. The summed E-state index contributed by atoms with van der Waals surface area (Å²) in [5.74, 6) is 0.00372. The molecular weight excluding hydrogens is 439 g/mol. The summed E-state index contributed by atoms with van der Waals surface area (Å²) in [5, 5.41) is 5.42. The topological polar surface area (TPSA) is 67.7 Å². The summed E-state index contributed by atoms with van der Waals surface area (Å²) in [6.07, 6.45) is 1.32. The van der Waals surface area contributed by atoms with Crippen LogP contribution in [0.5, 0.6) is 0 Å². The highest BCUT2D eigenvalue weighted by molar-refractivity contribution is 6.33. The van der Waals surface area contributed by atoms with Gasteiger partial charge in [0.1, 0.15) is 5.15 Å². The van der Waals surface area contributed by atoms with Crippen LogP contribution in [-0.2, 0) is 16.1 Å². The van der Waals surface area contributed by atoms with Crippen LogP contribution in [0.3, 0.4) is 0 Å². The van der Waals surface area contributed by atoms with Crippen LogP contribution in [0.2, 0.25) is 10.2 Å². The van der Waals surface area contributed by atoms with Crippen molar-refractivity contribution in [3.8, 4) is 0 Å². The molecule has 9 heteroatoms. The Morgan fingerprint density at radius 1 is 1.06 bits per heavy atom. The number of nitrogens with zero attached hydrogens (tertiary/aromatic N) is 4. The third-order valence-corrected chi connectivity index (χ3v) is 6.76. The van der Waals surface area contributed by atoms with Gasteiger partial charge in [-0.2, -0.15) is 5.10 Å². The average Bonchev–Trinajstić information content (AvgIpc) is 3.07. The number of benzene rings is 1. The molecule has 1 aromatic carbocycles. The van der Waals surface area contributed by atoms with Crippen molar-refractivity contribution in [1.29, 1.82) is 0 Å². The van der Waals surface area contributed by atoms with E-state index in [-0.39, 0.29) is 17.7 Å². The number of amides is 2. The predicted molar refractivity (Wildman–Crippen MR) is 119 cm³/mol. The van der Waals surface area contributed by atoms with E-state index >= 15 is 0 Å². The first-order chi connectivity index (χ1) is 15.0. The van der Waals surface area contributed by atoms with Gasteiger partial charge in [-0.3, -0.25) is 9.59 Å². The van der Waals surface area contributed by atoms with E-state index in [9.17, 15) is 9.59 Å². The third-order valence-electron chi connectivity index (χ3n) is 6.01. The number of hydrogen-bond donors (Lipinski definition) is 0. The lowest BCUT2D eigenvalue weighted by Crippen LogP contribution is -2.47. The summed E-state index contributed by atoms with van der Waals surface area (Å²) in [4.78, 5) is 29.6. The van der Waals surface area contributed by atoms with Gasteiger partial charge in [0.25, 0.3) is 5.91 Å². The van der Waals surface area contributed by atoms with Gasteiger partial charge in [-0.1, -0.05) is 41.4 Å². The lowest BCUT2D eigenvalue weighted by Gasteiger charge is -2.35. The minimum Gasteiger partial charge on any atom is -0.378 e. The number of rotatable bonds is 4. The SMILES string of the molecule is Cc1nn(Cc2ccccc2Cl)c(Cl)c1C(=O)N1CCC(C(=O)N2CCOCC2)CC1. The quantitative estimate of drug-likeness (QED) is 0.696. The van der Waals surface area contributed by atoms with Gasteiger partial charge in [-0.15, -0.1) is 0 Å². The smallest absolute Gasteiger partial charge is 0.258 e. The molecule has 0 radical (unpaired) electrons. The Morgan fingerprint density at radius 3 is 2.42 bits per heavy atom. The Morgan fingerprint density at radius 2 is 1.74 bits per heavy atom. The number of aromatic nitrogens is 2. The van der Waals surface area contributed by atoms with E-state index < -0.39 is 0 Å². The standard InChI is InChI=1S/C22H26Cl2N4O3/c1-15-19(20(24)28(25-15)14-17-4-2-3-5-18(17)23)22(30)26-8-6-16(7-9-26)21(29)27-10-12-31-13-11-27/h2-5,16H,6-14H2,1H3. The molecule has 2 fully saturated rings. The van der Waals surface area contributed by atoms with Crippen molar-refractivity contribution in [2.24, 2.45) is 5.92 Å². The highest BCUT2D eigenvalue weighted by Gasteiger charge is 2.33. The van der Waals surface area contributed by atoms with E-state index in [4.69, 9.17) is 27.9 Å². The molecule has 1 aromatic heterocycles. The molecule has 0 atom stereocenters. The van der Waals surface area contributed by atoms with Crippen LogP contribution in [-0.4, -0.2) is 70.8 Å². The van der Waals surface area contributed by atoms with Crippen LogP contribution in [0.25, 0.3) is 0 Å². The predicted octanol–water partition coefficient (Wildman–Crippen LogP) is 3.26. The van der Waals surface area contributed by atoms with Crippen LogP contribution in [0.1, 0.15) is 34.5 Å². The molecule has 2 aliphatic heterocycles. The Kier molecular flexibility index (Phi) is 6.84. The van der Waals surface area contributed by atoms with Gasteiger partial charge in [-0.05, 0) is 31.4 Å². The maximum atomic E-state index is 13.2. The van der Waals surface area contributed by atoms with E-state index in [0.717, 1.165) is 5.56 Å². The zero-order chi connectivity index (χ0) is 22.0. The van der Waals surface area contributed by atoms with E-state index in [1.807, 2.05) is 29.2 Å². The Balaban J connectivity index is 1.41. The van der Waals surface area contributed by atoms with E-state index in [1.165, 1.54) is 0 Å². The summed E-state index contributed by atoms with van der Waals surface area (Å²) in [6.45, 7) is 5.74. The molecule has 0 N–H and O–H groups in total. The van der Waals surface area contributed by atoms with Crippen molar-refractivity contribution in [2.75, 3.05) is 39.4 Å². The summed E-state index contributed by atoms with van der Waals surface area (Å²) >= 11 is 12.8. The number of hydrogen-bond acceptors (Lipinski definition) is 4. The molecule has 0 bridgehead atoms. The number of likely N-dealkylation sites (tertiary alicyclic amines) is 1. The summed E-state index contributed by atoms with van der Waals surface area (Å²) in [6, 6.07) is 7.49. The molecule has 0 saturated carbocycles. The first-order valence-corrected chi connectivity index (χ1v) is 11.3. The number of piperidine rings is 1. The lowest BCUT2D eigenvalue weighted by atomic mass is 9.94. The van der Waals surface area contributed by atoms with Gasteiger partial charge >= 0.3 is 0 Å². The van der Waals surface area contributed by atoms with Gasteiger partial charge in [-0.25, -0.2) is 4.68 Å². The summed E-state index contributed by atoms with van der Waals surface area (Å²) in [5.41, 5.74) is 1.90. The van der Waals surface area contributed by atoms with Crippen molar-refractivity contribution in [1.82, 2.24) is 19.6 Å². The average molecular weight is 465 g/mol. The molecule has 2 amide bonds. The van der Waals surface area contributed by atoms with Gasteiger partial charge in [0, 0.05) is 37.1 Å². The number of aryl methyl sites for hydroxylation is 1. The lowest BCUT2D eigenvalue weighted by molar-refractivity contribution is -0.141. The molecule has 4 rings (SSSR count).